The fraction of sp³-hybridized carbons (Fsp3) is 0.562. The van der Waals surface area contributed by atoms with Gasteiger partial charge in [-0.3, -0.25) is 9.59 Å². The molecule has 23 heavy (non-hydrogen) atoms. The predicted molar refractivity (Wildman–Crippen MR) is 83.2 cm³/mol. The summed E-state index contributed by atoms with van der Waals surface area (Å²) in [5.41, 5.74) is 0.586. The van der Waals surface area contributed by atoms with Crippen molar-refractivity contribution in [2.24, 2.45) is 11.8 Å². The van der Waals surface area contributed by atoms with Gasteiger partial charge in [-0.15, -0.1) is 0 Å². The summed E-state index contributed by atoms with van der Waals surface area (Å²) in [6, 6.07) is 3.72. The lowest BCUT2D eigenvalue weighted by molar-refractivity contribution is -0.122. The quantitative estimate of drug-likeness (QED) is 0.813. The van der Waals surface area contributed by atoms with Gasteiger partial charge < -0.3 is 19.9 Å². The molecule has 4 heterocycles. The minimum absolute atomic E-state index is 0.0340. The Balaban J connectivity index is 1.44. The van der Waals surface area contributed by atoms with Crippen LogP contribution in [-0.2, 0) is 9.53 Å². The Morgan fingerprint density at radius 3 is 2.78 bits per heavy atom. The van der Waals surface area contributed by atoms with E-state index >= 15 is 0 Å². The molecule has 3 aliphatic heterocycles. The number of hydrogen-bond donors (Lipinski definition) is 1. The number of hydrogen-bond acceptors (Lipinski definition) is 5. The van der Waals surface area contributed by atoms with E-state index in [2.05, 4.69) is 15.2 Å². The molecule has 3 saturated heterocycles. The molecule has 0 aliphatic carbocycles. The second-order valence-electron chi connectivity index (χ2n) is 6.33. The first-order valence-electron chi connectivity index (χ1n) is 8.08. The zero-order chi connectivity index (χ0) is 15.8. The molecule has 0 radical (unpaired) electrons. The average Bonchev–Trinajstić information content (AvgIpc) is 3.18. The van der Waals surface area contributed by atoms with Gasteiger partial charge in [-0.2, -0.15) is 0 Å². The molecule has 1 aromatic heterocycles. The molecule has 122 valence electrons. The van der Waals surface area contributed by atoms with Crippen molar-refractivity contribution in [2.45, 2.75) is 0 Å². The van der Waals surface area contributed by atoms with E-state index in [9.17, 15) is 9.59 Å². The summed E-state index contributed by atoms with van der Waals surface area (Å²) < 4.78 is 5.33. The van der Waals surface area contributed by atoms with Crippen molar-refractivity contribution in [1.29, 1.82) is 0 Å². The Morgan fingerprint density at radius 1 is 1.26 bits per heavy atom. The summed E-state index contributed by atoms with van der Waals surface area (Å²) in [5, 5.41) is 2.86. The Hall–Kier alpha value is -2.15. The molecule has 4 rings (SSSR count). The minimum Gasteiger partial charge on any atom is -0.378 e. The van der Waals surface area contributed by atoms with Gasteiger partial charge in [0.1, 0.15) is 5.82 Å². The van der Waals surface area contributed by atoms with Gasteiger partial charge in [0.2, 0.25) is 5.91 Å². The summed E-state index contributed by atoms with van der Waals surface area (Å²) in [6.07, 6.45) is 1.64. The SMILES string of the molecule is O=C1NC[C@H]2CN(C(=O)c3ccc(N4CCOCC4)nc3)C[C@@H]12. The average molecular weight is 316 g/mol. The molecular formula is C16H20N4O3. The summed E-state index contributed by atoms with van der Waals surface area (Å²) in [6.45, 7) is 4.91. The molecule has 0 spiro atoms. The monoisotopic (exact) mass is 316 g/mol. The van der Waals surface area contributed by atoms with E-state index in [4.69, 9.17) is 4.74 Å². The molecule has 0 saturated carbocycles. The van der Waals surface area contributed by atoms with E-state index in [0.717, 1.165) is 18.9 Å². The number of pyridine rings is 1. The van der Waals surface area contributed by atoms with Crippen LogP contribution in [0.25, 0.3) is 0 Å². The Kier molecular flexibility index (Phi) is 3.65. The maximum Gasteiger partial charge on any atom is 0.255 e. The van der Waals surface area contributed by atoms with Gasteiger partial charge in [0, 0.05) is 44.8 Å². The number of likely N-dealkylation sites (tertiary alicyclic amines) is 1. The van der Waals surface area contributed by atoms with Crippen LogP contribution in [0.4, 0.5) is 5.82 Å². The second kappa shape index (κ2) is 5.81. The van der Waals surface area contributed by atoms with Gasteiger partial charge in [-0.25, -0.2) is 4.98 Å². The zero-order valence-electron chi connectivity index (χ0n) is 12.9. The number of rotatable bonds is 2. The van der Waals surface area contributed by atoms with Crippen molar-refractivity contribution in [2.75, 3.05) is 50.8 Å². The number of anilines is 1. The molecular weight excluding hydrogens is 296 g/mol. The van der Waals surface area contributed by atoms with E-state index in [1.165, 1.54) is 0 Å². The third-order valence-electron chi connectivity index (χ3n) is 4.93. The van der Waals surface area contributed by atoms with E-state index in [-0.39, 0.29) is 23.7 Å². The van der Waals surface area contributed by atoms with Gasteiger partial charge in [0.05, 0.1) is 24.7 Å². The number of carbonyl (C=O) groups excluding carboxylic acids is 2. The number of morpholine rings is 1. The third-order valence-corrected chi connectivity index (χ3v) is 4.93. The Morgan fingerprint density at radius 2 is 2.09 bits per heavy atom. The summed E-state index contributed by atoms with van der Waals surface area (Å²) in [7, 11) is 0. The lowest BCUT2D eigenvalue weighted by atomic mass is 10.0. The van der Waals surface area contributed by atoms with Crippen LogP contribution in [0.3, 0.4) is 0 Å². The molecule has 3 fully saturated rings. The minimum atomic E-state index is -0.0421. The first-order chi connectivity index (χ1) is 11.2. The van der Waals surface area contributed by atoms with Crippen LogP contribution in [-0.4, -0.2) is 67.6 Å². The molecule has 0 unspecified atom stereocenters. The standard InChI is InChI=1S/C16H20N4O3/c21-15-13-10-20(9-12(13)8-18-15)16(22)11-1-2-14(17-7-11)19-3-5-23-6-4-19/h1-2,7,12-13H,3-6,8-10H2,(H,18,21)/t12-,13+/m0/s1. The molecule has 1 N–H and O–H groups in total. The number of amides is 2. The summed E-state index contributed by atoms with van der Waals surface area (Å²) >= 11 is 0. The highest BCUT2D eigenvalue weighted by molar-refractivity contribution is 5.95. The first kappa shape index (κ1) is 14.4. The van der Waals surface area contributed by atoms with Gasteiger partial charge in [-0.05, 0) is 12.1 Å². The van der Waals surface area contributed by atoms with Crippen LogP contribution < -0.4 is 10.2 Å². The maximum absolute atomic E-state index is 12.6. The van der Waals surface area contributed by atoms with Crippen molar-refractivity contribution in [3.63, 3.8) is 0 Å². The molecule has 2 amide bonds. The van der Waals surface area contributed by atoms with Gasteiger partial charge in [0.15, 0.2) is 0 Å². The van der Waals surface area contributed by atoms with Crippen LogP contribution >= 0.6 is 0 Å². The molecule has 1 aromatic rings. The number of carbonyl (C=O) groups is 2. The molecule has 0 bridgehead atoms. The van der Waals surface area contributed by atoms with Gasteiger partial charge >= 0.3 is 0 Å². The maximum atomic E-state index is 12.6. The van der Waals surface area contributed by atoms with Crippen LogP contribution in [0.2, 0.25) is 0 Å². The van der Waals surface area contributed by atoms with E-state index in [1.807, 2.05) is 12.1 Å². The molecule has 0 aromatic carbocycles. The topological polar surface area (TPSA) is 74.8 Å². The fourth-order valence-corrected chi connectivity index (χ4v) is 3.58. The van der Waals surface area contributed by atoms with Crippen molar-refractivity contribution in [3.8, 4) is 0 Å². The van der Waals surface area contributed by atoms with E-state index < -0.39 is 0 Å². The number of nitrogens with one attached hydrogen (secondary N) is 1. The number of aromatic nitrogens is 1. The van der Waals surface area contributed by atoms with E-state index in [1.54, 1.807) is 11.1 Å². The fourth-order valence-electron chi connectivity index (χ4n) is 3.58. The van der Waals surface area contributed by atoms with Gasteiger partial charge in [0.25, 0.3) is 5.91 Å². The highest BCUT2D eigenvalue weighted by Crippen LogP contribution is 2.28. The molecule has 2 atom stereocenters. The van der Waals surface area contributed by atoms with Crippen LogP contribution in [0.1, 0.15) is 10.4 Å². The highest BCUT2D eigenvalue weighted by Gasteiger charge is 2.43. The molecule has 7 heteroatoms. The van der Waals surface area contributed by atoms with Crippen molar-refractivity contribution >= 4 is 17.6 Å². The van der Waals surface area contributed by atoms with Crippen molar-refractivity contribution in [1.82, 2.24) is 15.2 Å². The first-order valence-corrected chi connectivity index (χ1v) is 8.08. The van der Waals surface area contributed by atoms with Crippen molar-refractivity contribution in [3.05, 3.63) is 23.9 Å². The van der Waals surface area contributed by atoms with E-state index in [0.29, 0.717) is 38.4 Å². The van der Waals surface area contributed by atoms with Gasteiger partial charge in [-0.1, -0.05) is 0 Å². The lowest BCUT2D eigenvalue weighted by Crippen LogP contribution is -2.37. The van der Waals surface area contributed by atoms with Crippen molar-refractivity contribution < 1.29 is 14.3 Å². The third kappa shape index (κ3) is 2.65. The Labute approximate surface area is 134 Å². The largest absolute Gasteiger partial charge is 0.378 e. The van der Waals surface area contributed by atoms with Crippen LogP contribution in [0, 0.1) is 11.8 Å². The summed E-state index contributed by atoms with van der Waals surface area (Å²) in [4.78, 5) is 32.7. The normalized spacial score (nSPS) is 27.0. The van der Waals surface area contributed by atoms with Crippen LogP contribution in [0.5, 0.6) is 0 Å². The lowest BCUT2D eigenvalue weighted by Gasteiger charge is -2.27. The highest BCUT2D eigenvalue weighted by atomic mass is 16.5. The van der Waals surface area contributed by atoms with Crippen LogP contribution in [0.15, 0.2) is 18.3 Å². The number of ether oxygens (including phenoxy) is 1. The second-order valence-corrected chi connectivity index (χ2v) is 6.33. The molecule has 3 aliphatic rings. The summed E-state index contributed by atoms with van der Waals surface area (Å²) in [5.74, 6) is 1.13. The smallest absolute Gasteiger partial charge is 0.255 e. The number of fused-ring (bicyclic) bond motifs is 1. The number of nitrogens with zero attached hydrogens (tertiary/aromatic N) is 3. The Bertz CT molecular complexity index is 612. The predicted octanol–water partition coefficient (Wildman–Crippen LogP) is -0.264. The zero-order valence-corrected chi connectivity index (χ0v) is 12.9. The molecule has 7 nitrogen and oxygen atoms in total.